The molecule has 3 amide bonds. The van der Waals surface area contributed by atoms with Gasteiger partial charge in [0.1, 0.15) is 30.8 Å². The molecule has 15 nitrogen and oxygen atoms in total. The van der Waals surface area contributed by atoms with E-state index in [0.717, 1.165) is 54.7 Å². The summed E-state index contributed by atoms with van der Waals surface area (Å²) < 4.78 is 17.6. The number of rotatable bonds is 17. The highest BCUT2D eigenvalue weighted by atomic mass is 16.6. The Kier molecular flexibility index (Phi) is 14.6. The Morgan fingerprint density at radius 2 is 1.61 bits per heavy atom. The fourth-order valence-corrected chi connectivity index (χ4v) is 8.42. The van der Waals surface area contributed by atoms with E-state index in [2.05, 4.69) is 25.8 Å². The maximum absolute atomic E-state index is 13.2. The molecule has 6 N–H and O–H groups in total. The van der Waals surface area contributed by atoms with E-state index < -0.39 is 24.2 Å². The van der Waals surface area contributed by atoms with Gasteiger partial charge in [0.2, 0.25) is 5.56 Å². The number of aliphatic hydroxyl groups excluding tert-OH is 1. The zero-order valence-corrected chi connectivity index (χ0v) is 36.7. The van der Waals surface area contributed by atoms with Crippen LogP contribution in [0.25, 0.3) is 10.9 Å². The van der Waals surface area contributed by atoms with Gasteiger partial charge in [-0.2, -0.15) is 0 Å². The van der Waals surface area contributed by atoms with Gasteiger partial charge in [-0.05, 0) is 108 Å². The zero-order valence-electron chi connectivity index (χ0n) is 36.7. The van der Waals surface area contributed by atoms with Gasteiger partial charge in [0, 0.05) is 43.8 Å². The quantitative estimate of drug-likeness (QED) is 0.0524. The van der Waals surface area contributed by atoms with Gasteiger partial charge in [0.15, 0.2) is 0 Å². The summed E-state index contributed by atoms with van der Waals surface area (Å²) in [6.45, 7) is 4.00. The van der Waals surface area contributed by atoms with Crippen molar-refractivity contribution in [3.63, 3.8) is 0 Å². The molecule has 0 saturated carbocycles. The van der Waals surface area contributed by atoms with E-state index in [1.54, 1.807) is 55.6 Å². The molecule has 3 aliphatic rings. The van der Waals surface area contributed by atoms with Gasteiger partial charge >= 0.3 is 18.1 Å². The topological polar surface area (TPSA) is 195 Å². The van der Waals surface area contributed by atoms with Crippen LogP contribution >= 0.6 is 0 Å². The van der Waals surface area contributed by atoms with Crippen LogP contribution in [-0.4, -0.2) is 95.6 Å². The van der Waals surface area contributed by atoms with Gasteiger partial charge in [-0.3, -0.25) is 9.69 Å². The number of anilines is 1. The SMILES string of the molecule is CN(CCOC(=O)c1ccc(COc2cccc([C@@H](NC(=O)O[C@H]3CN4CCC3CC4)c3ccccc3)c2)cc1)C(=O)Nc1ccc(CNC[C@H](O)c2ccc(O)c3[nH]c(=O)ccc23)cc1. The number of pyridine rings is 1. The fourth-order valence-electron chi connectivity index (χ4n) is 8.42. The zero-order chi connectivity index (χ0) is 46.0. The van der Waals surface area contributed by atoms with Crippen LogP contribution in [0, 0.1) is 5.92 Å². The van der Waals surface area contributed by atoms with Gasteiger partial charge in [0.05, 0.1) is 29.8 Å². The van der Waals surface area contributed by atoms with Crippen molar-refractivity contribution in [3.05, 3.63) is 171 Å². The Labute approximate surface area is 382 Å². The largest absolute Gasteiger partial charge is 0.506 e. The van der Waals surface area contributed by atoms with Crippen LogP contribution in [0.3, 0.4) is 0 Å². The molecular weight excluding hydrogens is 841 g/mol. The van der Waals surface area contributed by atoms with E-state index in [9.17, 15) is 29.4 Å². The second-order valence-corrected chi connectivity index (χ2v) is 16.7. The van der Waals surface area contributed by atoms with Gasteiger partial charge in [-0.1, -0.05) is 72.8 Å². The van der Waals surface area contributed by atoms with Gasteiger partial charge in [-0.15, -0.1) is 0 Å². The van der Waals surface area contributed by atoms with Crippen molar-refractivity contribution in [2.45, 2.75) is 44.2 Å². The molecule has 6 aromatic rings. The number of aromatic hydroxyl groups is 1. The van der Waals surface area contributed by atoms with Crippen molar-refractivity contribution in [3.8, 4) is 11.5 Å². The number of carbonyl (C=O) groups excluding carboxylic acids is 3. The number of aliphatic hydroxyl groups is 1. The first-order valence-corrected chi connectivity index (χ1v) is 22.1. The number of esters is 1. The third-order valence-corrected chi connectivity index (χ3v) is 12.2. The number of carbonyl (C=O) groups is 3. The highest BCUT2D eigenvalue weighted by molar-refractivity contribution is 5.90. The minimum atomic E-state index is -0.890. The van der Waals surface area contributed by atoms with Crippen molar-refractivity contribution in [2.75, 3.05) is 51.7 Å². The van der Waals surface area contributed by atoms with Crippen LogP contribution in [0.5, 0.6) is 11.5 Å². The maximum Gasteiger partial charge on any atom is 0.408 e. The second-order valence-electron chi connectivity index (χ2n) is 16.7. The highest BCUT2D eigenvalue weighted by Crippen LogP contribution is 2.32. The van der Waals surface area contributed by atoms with Crippen molar-refractivity contribution in [1.29, 1.82) is 0 Å². The molecule has 5 aromatic carbocycles. The van der Waals surface area contributed by atoms with Gasteiger partial charge in [0.25, 0.3) is 0 Å². The summed E-state index contributed by atoms with van der Waals surface area (Å²) in [7, 11) is 1.61. The lowest BCUT2D eigenvalue weighted by molar-refractivity contribution is -0.0336. The second kappa shape index (κ2) is 21.2. The Morgan fingerprint density at radius 3 is 2.35 bits per heavy atom. The number of phenolic OH excluding ortho intramolecular Hbond substituents is 1. The summed E-state index contributed by atoms with van der Waals surface area (Å²) in [6, 6.07) is 36.8. The highest BCUT2D eigenvalue weighted by Gasteiger charge is 2.37. The Morgan fingerprint density at radius 1 is 0.864 bits per heavy atom. The van der Waals surface area contributed by atoms with E-state index in [-0.39, 0.29) is 55.3 Å². The third-order valence-electron chi connectivity index (χ3n) is 12.2. The summed E-state index contributed by atoms with van der Waals surface area (Å²) in [4.78, 5) is 57.1. The lowest BCUT2D eigenvalue weighted by atomic mass is 9.86. The normalized spacial score (nSPS) is 17.3. The van der Waals surface area contributed by atoms with E-state index in [4.69, 9.17) is 14.2 Å². The Hall–Kier alpha value is -7.20. The number of aromatic nitrogens is 1. The Balaban J connectivity index is 0.755. The summed E-state index contributed by atoms with van der Waals surface area (Å²) in [6.07, 6.45) is 0.683. The number of H-pyrrole nitrogens is 1. The van der Waals surface area contributed by atoms with Crippen molar-refractivity contribution >= 4 is 34.7 Å². The lowest BCUT2D eigenvalue weighted by Crippen LogP contribution is -2.52. The molecule has 0 radical (unpaired) electrons. The van der Waals surface area contributed by atoms with E-state index in [1.165, 1.54) is 17.0 Å². The number of amides is 3. The molecule has 66 heavy (non-hydrogen) atoms. The molecule has 3 fully saturated rings. The average molecular weight is 895 g/mol. The molecule has 3 saturated heterocycles. The van der Waals surface area contributed by atoms with Crippen molar-refractivity contribution < 1.29 is 38.8 Å². The molecule has 0 unspecified atom stereocenters. The first kappa shape index (κ1) is 45.4. The molecule has 3 aliphatic heterocycles. The molecule has 15 heteroatoms. The molecule has 342 valence electrons. The molecule has 0 spiro atoms. The molecular formula is C51H54N6O9. The van der Waals surface area contributed by atoms with Crippen LogP contribution < -0.4 is 26.2 Å². The van der Waals surface area contributed by atoms with Gasteiger partial charge in [-0.25, -0.2) is 14.4 Å². The lowest BCUT2D eigenvalue weighted by Gasteiger charge is -2.43. The van der Waals surface area contributed by atoms with E-state index >= 15 is 0 Å². The molecule has 0 aliphatic carbocycles. The number of phenols is 1. The maximum atomic E-state index is 13.2. The number of likely N-dealkylation sites (N-methyl/N-ethyl adjacent to an activating group) is 1. The van der Waals surface area contributed by atoms with Crippen LogP contribution in [0.4, 0.5) is 15.3 Å². The first-order valence-electron chi connectivity index (χ1n) is 22.1. The number of nitrogens with zero attached hydrogens (tertiary/aromatic N) is 2. The average Bonchev–Trinajstić information content (AvgIpc) is 3.34. The molecule has 2 bridgehead atoms. The minimum Gasteiger partial charge on any atom is -0.506 e. The standard InChI is InChI=1S/C51H54N6O9/c1-56(50(62)53-39-16-12-33(13-17-39)29-52-30-44(59)41-18-20-43(58)48-42(41)19-21-46(60)54-48)26-27-64-49(61)37-14-10-34(11-15-37)32-65-40-9-5-8-38(28-40)47(36-6-3-2-4-7-36)55-51(63)66-45-31-57-24-22-35(45)23-25-57/h2-21,28,35,44-45,47,52,58-59H,22-27,29-32H2,1H3,(H,53,62)(H,54,60)(H,55,63)/t44-,45-,47-/m0/s1. The number of hydrogen-bond acceptors (Lipinski definition) is 11. The number of urea groups is 1. The number of hydrogen-bond donors (Lipinski definition) is 6. The monoisotopic (exact) mass is 894 g/mol. The summed E-state index contributed by atoms with van der Waals surface area (Å²) in [5.74, 6) is 0.445. The number of aromatic amines is 1. The van der Waals surface area contributed by atoms with Crippen molar-refractivity contribution in [2.24, 2.45) is 5.92 Å². The molecule has 4 heterocycles. The van der Waals surface area contributed by atoms with E-state index in [1.807, 2.05) is 66.7 Å². The van der Waals surface area contributed by atoms with E-state index in [0.29, 0.717) is 40.4 Å². The minimum absolute atomic E-state index is 0.00541. The Bertz CT molecular complexity index is 2670. The number of fused-ring (bicyclic) bond motifs is 4. The number of piperidine rings is 3. The van der Waals surface area contributed by atoms with Gasteiger partial charge < -0.3 is 50.3 Å². The molecule has 9 rings (SSSR count). The first-order chi connectivity index (χ1) is 32.1. The van der Waals surface area contributed by atoms with Crippen LogP contribution in [-0.2, 0) is 22.6 Å². The smallest absolute Gasteiger partial charge is 0.408 e. The van der Waals surface area contributed by atoms with Crippen molar-refractivity contribution in [1.82, 2.24) is 25.4 Å². The number of ether oxygens (including phenoxy) is 3. The number of nitrogens with one attached hydrogen (secondary N) is 4. The number of alkyl carbamates (subject to hydrolysis) is 1. The summed E-state index contributed by atoms with van der Waals surface area (Å²) >= 11 is 0. The van der Waals surface area contributed by atoms with Crippen LogP contribution in [0.1, 0.15) is 63.2 Å². The molecule has 1 aromatic heterocycles. The van der Waals surface area contributed by atoms with Crippen LogP contribution in [0.15, 0.2) is 132 Å². The van der Waals surface area contributed by atoms with Crippen LogP contribution in [0.2, 0.25) is 0 Å². The number of benzene rings is 5. The predicted molar refractivity (Wildman–Crippen MR) is 249 cm³/mol. The third kappa shape index (κ3) is 11.5. The summed E-state index contributed by atoms with van der Waals surface area (Å²) in [5.41, 5.74) is 4.99. The molecule has 3 atom stereocenters. The fraction of sp³-hybridized carbons (Fsp3) is 0.294. The predicted octanol–water partition coefficient (Wildman–Crippen LogP) is 6.87. The summed E-state index contributed by atoms with van der Waals surface area (Å²) in [5, 5.41) is 30.7.